The number of nitrogens with two attached hydrogens (primary N) is 1. The monoisotopic (exact) mass is 420 g/mol. The van der Waals surface area contributed by atoms with Crippen molar-refractivity contribution in [1.82, 2.24) is 0 Å². The van der Waals surface area contributed by atoms with Crippen LogP contribution in [0, 0.1) is 0 Å². The van der Waals surface area contributed by atoms with Gasteiger partial charge in [-0.15, -0.1) is 11.8 Å². The minimum atomic E-state index is -2.98. The highest BCUT2D eigenvalue weighted by Gasteiger charge is 2.29. The summed E-state index contributed by atoms with van der Waals surface area (Å²) in [5, 5.41) is 2.75. The number of benzene rings is 2. The van der Waals surface area contributed by atoms with E-state index in [-0.39, 0.29) is 29.3 Å². The molecule has 3 N–H and O–H groups in total. The molecule has 0 spiro atoms. The van der Waals surface area contributed by atoms with Crippen LogP contribution in [0.25, 0.3) is 0 Å². The van der Waals surface area contributed by atoms with Crippen LogP contribution in [0.15, 0.2) is 53.4 Å². The van der Waals surface area contributed by atoms with E-state index in [1.165, 1.54) is 11.8 Å². The predicted molar refractivity (Wildman–Crippen MR) is 108 cm³/mol. The van der Waals surface area contributed by atoms with Crippen molar-refractivity contribution in [2.24, 2.45) is 5.73 Å². The first-order valence-electron chi connectivity index (χ1n) is 8.61. The second-order valence-electron chi connectivity index (χ2n) is 6.38. The van der Waals surface area contributed by atoms with Crippen molar-refractivity contribution in [1.29, 1.82) is 0 Å². The highest BCUT2D eigenvalue weighted by molar-refractivity contribution is 8.02. The van der Waals surface area contributed by atoms with Crippen molar-refractivity contribution in [3.05, 3.63) is 54.1 Å². The van der Waals surface area contributed by atoms with Crippen molar-refractivity contribution in [2.45, 2.75) is 16.6 Å². The molecule has 1 unspecified atom stereocenters. The number of nitrogens with one attached hydrogen (secondary N) is 1. The summed E-state index contributed by atoms with van der Waals surface area (Å²) in [5.41, 5.74) is 6.04. The number of amides is 2. The van der Waals surface area contributed by atoms with Crippen LogP contribution in [0.4, 0.5) is 5.69 Å². The molecule has 3 rings (SSSR count). The molecule has 1 atom stereocenters. The molecule has 148 valence electrons. The van der Waals surface area contributed by atoms with Crippen molar-refractivity contribution in [3.63, 3.8) is 0 Å². The molecule has 28 heavy (non-hydrogen) atoms. The molecule has 2 aromatic carbocycles. The molecular weight excluding hydrogens is 400 g/mol. The largest absolute Gasteiger partial charge is 0.484 e. The molecule has 1 heterocycles. The third-order valence-corrected chi connectivity index (χ3v) is 7.41. The molecule has 1 saturated heterocycles. The van der Waals surface area contributed by atoms with Gasteiger partial charge in [0.2, 0.25) is 0 Å². The van der Waals surface area contributed by atoms with Crippen LogP contribution in [-0.4, -0.2) is 43.6 Å². The average Bonchev–Trinajstić information content (AvgIpc) is 2.99. The second-order valence-corrected chi connectivity index (χ2v) is 9.95. The van der Waals surface area contributed by atoms with Gasteiger partial charge in [-0.1, -0.05) is 18.2 Å². The SMILES string of the molecule is NC(=O)COc1cccc(NC(=O)c2ccccc2SC2CCS(=O)(=O)C2)c1. The number of carbonyl (C=O) groups is 2. The summed E-state index contributed by atoms with van der Waals surface area (Å²) in [5.74, 6) is -0.162. The van der Waals surface area contributed by atoms with Gasteiger partial charge in [0.25, 0.3) is 11.8 Å². The molecule has 0 aliphatic carbocycles. The fourth-order valence-electron chi connectivity index (χ4n) is 2.81. The number of sulfone groups is 1. The summed E-state index contributed by atoms with van der Waals surface area (Å²) in [6.07, 6.45) is 0.586. The van der Waals surface area contributed by atoms with E-state index in [0.29, 0.717) is 23.4 Å². The molecule has 9 heteroatoms. The van der Waals surface area contributed by atoms with Gasteiger partial charge < -0.3 is 15.8 Å². The predicted octanol–water partition coefficient (Wildman–Crippen LogP) is 2.08. The third kappa shape index (κ3) is 5.49. The van der Waals surface area contributed by atoms with E-state index >= 15 is 0 Å². The minimum Gasteiger partial charge on any atom is -0.484 e. The van der Waals surface area contributed by atoms with Crippen LogP contribution in [0.1, 0.15) is 16.8 Å². The Labute approximate surface area is 167 Å². The topological polar surface area (TPSA) is 116 Å². The van der Waals surface area contributed by atoms with E-state index in [0.717, 1.165) is 4.90 Å². The smallest absolute Gasteiger partial charge is 0.256 e. The molecule has 1 aliphatic rings. The lowest BCUT2D eigenvalue weighted by atomic mass is 10.2. The normalized spacial score (nSPS) is 17.8. The lowest BCUT2D eigenvalue weighted by molar-refractivity contribution is -0.119. The fourth-order valence-corrected chi connectivity index (χ4v) is 6.43. The van der Waals surface area contributed by atoms with Crippen LogP contribution in [0.2, 0.25) is 0 Å². The van der Waals surface area contributed by atoms with Gasteiger partial charge in [-0.25, -0.2) is 8.42 Å². The number of hydrogen-bond donors (Lipinski definition) is 2. The van der Waals surface area contributed by atoms with Crippen LogP contribution in [0.3, 0.4) is 0 Å². The van der Waals surface area contributed by atoms with E-state index in [1.54, 1.807) is 36.4 Å². The lowest BCUT2D eigenvalue weighted by Gasteiger charge is -2.13. The number of ether oxygens (including phenoxy) is 1. The van der Waals surface area contributed by atoms with Gasteiger partial charge in [0.15, 0.2) is 16.4 Å². The zero-order chi connectivity index (χ0) is 20.1. The number of primary amides is 1. The van der Waals surface area contributed by atoms with Crippen molar-refractivity contribution in [2.75, 3.05) is 23.4 Å². The number of hydrogen-bond acceptors (Lipinski definition) is 6. The molecule has 1 aliphatic heterocycles. The zero-order valence-electron chi connectivity index (χ0n) is 15.0. The number of anilines is 1. The van der Waals surface area contributed by atoms with Gasteiger partial charge >= 0.3 is 0 Å². The van der Waals surface area contributed by atoms with Crippen LogP contribution in [0.5, 0.6) is 5.75 Å². The lowest BCUT2D eigenvalue weighted by Crippen LogP contribution is -2.20. The van der Waals surface area contributed by atoms with Crippen molar-refractivity contribution in [3.8, 4) is 5.75 Å². The first-order valence-corrected chi connectivity index (χ1v) is 11.3. The Morgan fingerprint density at radius 1 is 1.18 bits per heavy atom. The van der Waals surface area contributed by atoms with E-state index in [4.69, 9.17) is 10.5 Å². The van der Waals surface area contributed by atoms with Gasteiger partial charge in [0, 0.05) is 21.9 Å². The number of rotatable bonds is 7. The summed E-state index contributed by atoms with van der Waals surface area (Å²) in [4.78, 5) is 24.3. The Morgan fingerprint density at radius 2 is 1.96 bits per heavy atom. The molecule has 2 amide bonds. The van der Waals surface area contributed by atoms with Gasteiger partial charge in [0.05, 0.1) is 17.1 Å². The molecule has 2 aromatic rings. The molecule has 0 bridgehead atoms. The Morgan fingerprint density at radius 3 is 2.68 bits per heavy atom. The maximum atomic E-state index is 12.8. The van der Waals surface area contributed by atoms with Gasteiger partial charge in [-0.3, -0.25) is 9.59 Å². The molecule has 0 saturated carbocycles. The van der Waals surface area contributed by atoms with Gasteiger partial charge in [-0.2, -0.15) is 0 Å². The highest BCUT2D eigenvalue weighted by Crippen LogP contribution is 2.33. The number of carbonyl (C=O) groups excluding carboxylic acids is 2. The van der Waals surface area contributed by atoms with Crippen LogP contribution >= 0.6 is 11.8 Å². The minimum absolute atomic E-state index is 0.0514. The van der Waals surface area contributed by atoms with Crippen LogP contribution in [-0.2, 0) is 14.6 Å². The summed E-state index contributed by atoms with van der Waals surface area (Å²) < 4.78 is 28.6. The zero-order valence-corrected chi connectivity index (χ0v) is 16.6. The Balaban J connectivity index is 1.71. The molecular formula is C19H20N2O5S2. The molecule has 1 fully saturated rings. The first kappa shape index (κ1) is 20.2. The molecule has 0 radical (unpaired) electrons. The Bertz CT molecular complexity index is 991. The second kappa shape index (κ2) is 8.66. The maximum absolute atomic E-state index is 12.8. The van der Waals surface area contributed by atoms with E-state index in [1.807, 2.05) is 12.1 Å². The van der Waals surface area contributed by atoms with Crippen molar-refractivity contribution >= 4 is 39.1 Å². The van der Waals surface area contributed by atoms with E-state index in [9.17, 15) is 18.0 Å². The average molecular weight is 421 g/mol. The summed E-state index contributed by atoms with van der Waals surface area (Å²) >= 11 is 1.42. The van der Waals surface area contributed by atoms with Gasteiger partial charge in [-0.05, 0) is 30.7 Å². The highest BCUT2D eigenvalue weighted by atomic mass is 32.2. The molecule has 7 nitrogen and oxygen atoms in total. The standard InChI is InChI=1S/C19H20N2O5S2/c20-18(22)11-26-14-5-3-4-13(10-14)21-19(23)16-6-1-2-7-17(16)27-15-8-9-28(24,25)12-15/h1-7,10,15H,8-9,11-12H2,(H2,20,22)(H,21,23). The molecule has 0 aromatic heterocycles. The summed E-state index contributed by atoms with van der Waals surface area (Å²) in [6, 6.07) is 13.7. The quantitative estimate of drug-likeness (QED) is 0.709. The van der Waals surface area contributed by atoms with E-state index in [2.05, 4.69) is 5.32 Å². The van der Waals surface area contributed by atoms with Crippen molar-refractivity contribution < 1.29 is 22.7 Å². The summed E-state index contributed by atoms with van der Waals surface area (Å²) in [6.45, 7) is -0.249. The van der Waals surface area contributed by atoms with E-state index < -0.39 is 15.7 Å². The Hall–Kier alpha value is -2.52. The van der Waals surface area contributed by atoms with Crippen LogP contribution < -0.4 is 15.8 Å². The fraction of sp³-hybridized carbons (Fsp3) is 0.263. The Kier molecular flexibility index (Phi) is 6.25. The first-order chi connectivity index (χ1) is 13.3. The maximum Gasteiger partial charge on any atom is 0.256 e. The number of thioether (sulfide) groups is 1. The van der Waals surface area contributed by atoms with Gasteiger partial charge in [0.1, 0.15) is 5.75 Å². The third-order valence-electron chi connectivity index (χ3n) is 4.09. The summed E-state index contributed by atoms with van der Waals surface area (Å²) in [7, 11) is -2.98.